The summed E-state index contributed by atoms with van der Waals surface area (Å²) < 4.78 is 29.8. The van der Waals surface area contributed by atoms with Gasteiger partial charge in [0.05, 0.1) is 10.5 Å². The Morgan fingerprint density at radius 1 is 0.917 bits per heavy atom. The number of nitrogen functional groups attached to an aromatic ring is 1. The Bertz CT molecular complexity index is 1570. The Morgan fingerprint density at radius 2 is 1.64 bits per heavy atom. The van der Waals surface area contributed by atoms with Gasteiger partial charge in [-0.3, -0.25) is 10.2 Å². The predicted molar refractivity (Wildman–Crippen MR) is 140 cm³/mol. The van der Waals surface area contributed by atoms with Gasteiger partial charge in [-0.15, -0.1) is 0 Å². The van der Waals surface area contributed by atoms with Gasteiger partial charge in [-0.05, 0) is 55.0 Å². The average Bonchev–Trinajstić information content (AvgIpc) is 2.85. The quantitative estimate of drug-likeness (QED) is 0.215. The number of hydrogen-bond acceptors (Lipinski definition) is 5. The molecule has 0 radical (unpaired) electrons. The molecule has 4 aromatic rings. The summed E-state index contributed by atoms with van der Waals surface area (Å²) in [6, 6.07) is 25.2. The highest BCUT2D eigenvalue weighted by Gasteiger charge is 2.17. The van der Waals surface area contributed by atoms with E-state index in [0.29, 0.717) is 39.4 Å². The van der Waals surface area contributed by atoms with Crippen LogP contribution < -0.4 is 20.9 Å². The summed E-state index contributed by atoms with van der Waals surface area (Å²) in [5.41, 5.74) is 8.90. The molecular weight excluding hydrogens is 476 g/mol. The fraction of sp³-hybridized carbons (Fsp3) is 0.0370. The van der Waals surface area contributed by atoms with Gasteiger partial charge in [-0.25, -0.2) is 13.6 Å². The van der Waals surface area contributed by atoms with Crippen molar-refractivity contribution in [2.75, 3.05) is 5.32 Å². The number of amides is 1. The van der Waals surface area contributed by atoms with Crippen LogP contribution in [0.15, 0.2) is 95.9 Å². The predicted octanol–water partition coefficient (Wildman–Crippen LogP) is 4.64. The molecule has 4 aromatic carbocycles. The van der Waals surface area contributed by atoms with E-state index in [2.05, 4.69) is 5.32 Å². The number of aryl methyl sites for hydroxylation is 1. The molecule has 6 N–H and O–H groups in total. The summed E-state index contributed by atoms with van der Waals surface area (Å²) in [4.78, 5) is 13.2. The van der Waals surface area contributed by atoms with Gasteiger partial charge in [-0.1, -0.05) is 54.1 Å². The first-order valence-corrected chi connectivity index (χ1v) is 12.4. The SMILES string of the molecule is Cc1ccc(Oc2cccc(C(=N)N)c2)c(C(=O)Nc2ccc(-c3ccccc3S(N)(=O)=O)cc2)c1. The number of nitrogens with two attached hydrogens (primary N) is 2. The zero-order chi connectivity index (χ0) is 25.9. The first-order valence-electron chi connectivity index (χ1n) is 10.9. The number of rotatable bonds is 7. The van der Waals surface area contributed by atoms with E-state index < -0.39 is 10.0 Å². The van der Waals surface area contributed by atoms with Crippen molar-refractivity contribution in [3.63, 3.8) is 0 Å². The standard InChI is InChI=1S/C27H24N4O4S/c1-17-9-14-24(35-21-6-4-5-19(16-21)26(28)29)23(15-17)27(32)31-20-12-10-18(11-13-20)22-7-2-3-8-25(22)36(30,33)34/h2-16H,1H3,(H3,28,29)(H,31,32)(H2,30,33,34). The van der Waals surface area contributed by atoms with Crippen molar-refractivity contribution in [3.8, 4) is 22.6 Å². The monoisotopic (exact) mass is 500 g/mol. The first-order chi connectivity index (χ1) is 17.1. The molecule has 4 rings (SSSR count). The Kier molecular flexibility index (Phi) is 6.86. The van der Waals surface area contributed by atoms with Gasteiger partial charge in [0.25, 0.3) is 5.91 Å². The summed E-state index contributed by atoms with van der Waals surface area (Å²) in [6.07, 6.45) is 0. The van der Waals surface area contributed by atoms with Gasteiger partial charge < -0.3 is 15.8 Å². The number of anilines is 1. The van der Waals surface area contributed by atoms with E-state index in [1.54, 1.807) is 78.9 Å². The zero-order valence-corrected chi connectivity index (χ0v) is 20.2. The Morgan fingerprint density at radius 3 is 2.33 bits per heavy atom. The molecule has 9 heteroatoms. The van der Waals surface area contributed by atoms with Crippen LogP contribution in [0.2, 0.25) is 0 Å². The van der Waals surface area contributed by atoms with Crippen molar-refractivity contribution >= 4 is 27.5 Å². The molecule has 0 fully saturated rings. The number of primary sulfonamides is 1. The van der Waals surface area contributed by atoms with E-state index in [4.69, 9.17) is 21.0 Å². The van der Waals surface area contributed by atoms with Gasteiger partial charge in [0.2, 0.25) is 10.0 Å². The first kappa shape index (κ1) is 24.6. The molecule has 0 bridgehead atoms. The molecule has 0 saturated carbocycles. The number of ether oxygens (including phenoxy) is 1. The fourth-order valence-corrected chi connectivity index (χ4v) is 4.41. The molecule has 0 unspecified atom stereocenters. The molecule has 0 atom stereocenters. The second-order valence-corrected chi connectivity index (χ2v) is 9.65. The second kappa shape index (κ2) is 10.0. The maximum Gasteiger partial charge on any atom is 0.259 e. The molecule has 8 nitrogen and oxygen atoms in total. The highest BCUT2D eigenvalue weighted by Crippen LogP contribution is 2.30. The van der Waals surface area contributed by atoms with Gasteiger partial charge in [0.1, 0.15) is 17.3 Å². The molecule has 0 aliphatic heterocycles. The molecule has 0 aromatic heterocycles. The topological polar surface area (TPSA) is 148 Å². The van der Waals surface area contributed by atoms with E-state index in [0.717, 1.165) is 5.56 Å². The minimum absolute atomic E-state index is 0.0252. The Labute approximate surface area is 209 Å². The van der Waals surface area contributed by atoms with Crippen molar-refractivity contribution in [3.05, 3.63) is 108 Å². The van der Waals surface area contributed by atoms with Gasteiger partial charge in [0, 0.05) is 16.8 Å². The van der Waals surface area contributed by atoms with Crippen LogP contribution in [0.4, 0.5) is 5.69 Å². The summed E-state index contributed by atoms with van der Waals surface area (Å²) in [5.74, 6) is 0.322. The zero-order valence-electron chi connectivity index (χ0n) is 19.4. The Hall–Kier alpha value is -4.47. The number of carbonyl (C=O) groups is 1. The van der Waals surface area contributed by atoms with Crippen LogP contribution in [-0.2, 0) is 10.0 Å². The summed E-state index contributed by atoms with van der Waals surface area (Å²) in [6.45, 7) is 1.87. The molecular formula is C27H24N4O4S. The van der Waals surface area contributed by atoms with Gasteiger partial charge in [0.15, 0.2) is 0 Å². The largest absolute Gasteiger partial charge is 0.457 e. The lowest BCUT2D eigenvalue weighted by molar-refractivity contribution is 0.102. The fourth-order valence-electron chi connectivity index (χ4n) is 3.65. The van der Waals surface area contributed by atoms with E-state index in [9.17, 15) is 13.2 Å². The van der Waals surface area contributed by atoms with Crippen LogP contribution >= 0.6 is 0 Å². The van der Waals surface area contributed by atoms with Crippen molar-refractivity contribution in [2.24, 2.45) is 10.9 Å². The normalized spacial score (nSPS) is 11.1. The van der Waals surface area contributed by atoms with E-state index in [1.165, 1.54) is 6.07 Å². The van der Waals surface area contributed by atoms with Crippen molar-refractivity contribution < 1.29 is 17.9 Å². The summed E-state index contributed by atoms with van der Waals surface area (Å²) in [7, 11) is -3.89. The molecule has 0 aliphatic rings. The van der Waals surface area contributed by atoms with Gasteiger partial charge >= 0.3 is 0 Å². The number of hydrogen-bond donors (Lipinski definition) is 4. The number of sulfonamides is 1. The smallest absolute Gasteiger partial charge is 0.259 e. The van der Waals surface area contributed by atoms with Crippen molar-refractivity contribution in [1.82, 2.24) is 0 Å². The van der Waals surface area contributed by atoms with E-state index in [1.807, 2.05) is 13.0 Å². The van der Waals surface area contributed by atoms with E-state index >= 15 is 0 Å². The minimum atomic E-state index is -3.89. The maximum atomic E-state index is 13.2. The average molecular weight is 501 g/mol. The lowest BCUT2D eigenvalue weighted by Crippen LogP contribution is -2.14. The Balaban J connectivity index is 1.58. The van der Waals surface area contributed by atoms with Gasteiger partial charge in [-0.2, -0.15) is 0 Å². The van der Waals surface area contributed by atoms with Crippen LogP contribution in [0.1, 0.15) is 21.5 Å². The third-order valence-electron chi connectivity index (χ3n) is 5.40. The van der Waals surface area contributed by atoms with Crippen LogP contribution in [0.3, 0.4) is 0 Å². The lowest BCUT2D eigenvalue weighted by Gasteiger charge is -2.14. The molecule has 0 spiro atoms. The number of carbonyl (C=O) groups excluding carboxylic acids is 1. The number of benzene rings is 4. The maximum absolute atomic E-state index is 13.2. The number of nitrogens with one attached hydrogen (secondary N) is 2. The van der Waals surface area contributed by atoms with Crippen molar-refractivity contribution in [2.45, 2.75) is 11.8 Å². The van der Waals surface area contributed by atoms with Crippen LogP contribution in [0.5, 0.6) is 11.5 Å². The highest BCUT2D eigenvalue weighted by molar-refractivity contribution is 7.89. The third kappa shape index (κ3) is 5.60. The molecule has 36 heavy (non-hydrogen) atoms. The number of amidine groups is 1. The molecule has 0 saturated heterocycles. The highest BCUT2D eigenvalue weighted by atomic mass is 32.2. The van der Waals surface area contributed by atoms with Crippen molar-refractivity contribution in [1.29, 1.82) is 5.41 Å². The second-order valence-electron chi connectivity index (χ2n) is 8.12. The van der Waals surface area contributed by atoms with Crippen LogP contribution in [-0.4, -0.2) is 20.2 Å². The van der Waals surface area contributed by atoms with E-state index in [-0.39, 0.29) is 16.6 Å². The minimum Gasteiger partial charge on any atom is -0.457 e. The lowest BCUT2D eigenvalue weighted by atomic mass is 10.1. The van der Waals surface area contributed by atoms with Crippen LogP contribution in [0, 0.1) is 12.3 Å². The molecule has 0 heterocycles. The molecule has 0 aliphatic carbocycles. The third-order valence-corrected chi connectivity index (χ3v) is 6.37. The summed E-state index contributed by atoms with van der Waals surface area (Å²) in [5, 5.41) is 15.8. The molecule has 1 amide bonds. The summed E-state index contributed by atoms with van der Waals surface area (Å²) >= 11 is 0. The molecule has 182 valence electrons. The van der Waals surface area contributed by atoms with Crippen LogP contribution in [0.25, 0.3) is 11.1 Å².